The van der Waals surface area contributed by atoms with Crippen LogP contribution < -0.4 is 10.9 Å². The van der Waals surface area contributed by atoms with Crippen LogP contribution in [0.15, 0.2) is 47.3 Å². The third-order valence-electron chi connectivity index (χ3n) is 4.28. The minimum absolute atomic E-state index is 0.0717. The van der Waals surface area contributed by atoms with Crippen molar-refractivity contribution in [2.45, 2.75) is 37.8 Å². The molecule has 1 aliphatic carbocycles. The second-order valence-corrected chi connectivity index (χ2v) is 5.91. The van der Waals surface area contributed by atoms with Gasteiger partial charge in [-0.3, -0.25) is 9.59 Å². The predicted octanol–water partition coefficient (Wildman–Crippen LogP) is 2.08. The van der Waals surface area contributed by atoms with Crippen LogP contribution in [0.25, 0.3) is 11.3 Å². The van der Waals surface area contributed by atoms with Crippen molar-refractivity contribution in [1.82, 2.24) is 10.3 Å². The van der Waals surface area contributed by atoms with E-state index >= 15 is 0 Å². The molecule has 1 saturated carbocycles. The first-order valence-corrected chi connectivity index (χ1v) is 7.93. The van der Waals surface area contributed by atoms with Crippen LogP contribution in [-0.4, -0.2) is 28.1 Å². The fourth-order valence-electron chi connectivity index (χ4n) is 2.96. The number of rotatable bonds is 3. The highest BCUT2D eigenvalue weighted by molar-refractivity contribution is 5.94. The van der Waals surface area contributed by atoms with Crippen LogP contribution in [0, 0.1) is 0 Å². The minimum Gasteiger partial charge on any atom is -0.391 e. The van der Waals surface area contributed by atoms with Gasteiger partial charge in [0.05, 0.1) is 12.1 Å². The molecular weight excluding hydrogens is 292 g/mol. The largest absolute Gasteiger partial charge is 0.391 e. The van der Waals surface area contributed by atoms with Gasteiger partial charge in [-0.15, -0.1) is 0 Å². The van der Waals surface area contributed by atoms with Crippen LogP contribution in [0.4, 0.5) is 0 Å². The number of aromatic amines is 1. The maximum absolute atomic E-state index is 12.3. The summed E-state index contributed by atoms with van der Waals surface area (Å²) in [5, 5.41) is 12.7. The summed E-state index contributed by atoms with van der Waals surface area (Å²) in [5.74, 6) is -0.434. The molecule has 0 aliphatic heterocycles. The Morgan fingerprint density at radius 1 is 1.09 bits per heavy atom. The molecule has 0 spiro atoms. The first-order chi connectivity index (χ1) is 11.1. The Bertz CT molecular complexity index is 739. The summed E-state index contributed by atoms with van der Waals surface area (Å²) in [6.45, 7) is 0. The summed E-state index contributed by atoms with van der Waals surface area (Å²) < 4.78 is 0. The highest BCUT2D eigenvalue weighted by Crippen LogP contribution is 2.19. The summed E-state index contributed by atoms with van der Waals surface area (Å²) in [7, 11) is 0. The van der Waals surface area contributed by atoms with Gasteiger partial charge in [-0.25, -0.2) is 0 Å². The lowest BCUT2D eigenvalue weighted by Crippen LogP contribution is -2.46. The molecule has 0 bridgehead atoms. The zero-order valence-corrected chi connectivity index (χ0v) is 12.8. The van der Waals surface area contributed by atoms with Crippen LogP contribution in [0.2, 0.25) is 0 Å². The molecule has 2 atom stereocenters. The van der Waals surface area contributed by atoms with Crippen LogP contribution in [0.5, 0.6) is 0 Å². The van der Waals surface area contributed by atoms with Gasteiger partial charge in [0.25, 0.3) is 11.5 Å². The monoisotopic (exact) mass is 312 g/mol. The lowest BCUT2D eigenvalue weighted by atomic mass is 9.92. The number of aromatic nitrogens is 1. The van der Waals surface area contributed by atoms with Gasteiger partial charge in [-0.1, -0.05) is 43.2 Å². The number of aliphatic hydroxyl groups is 1. The molecule has 1 aromatic heterocycles. The number of amides is 1. The normalized spacial score (nSPS) is 20.9. The Hall–Kier alpha value is -2.40. The summed E-state index contributed by atoms with van der Waals surface area (Å²) in [4.78, 5) is 27.2. The summed E-state index contributed by atoms with van der Waals surface area (Å²) in [6.07, 6.45) is 2.85. The van der Waals surface area contributed by atoms with Gasteiger partial charge in [-0.2, -0.15) is 0 Å². The number of hydrogen-bond acceptors (Lipinski definition) is 3. The van der Waals surface area contributed by atoms with Crippen molar-refractivity contribution >= 4 is 5.91 Å². The number of H-pyrrole nitrogens is 1. The molecule has 23 heavy (non-hydrogen) atoms. The Morgan fingerprint density at radius 2 is 1.83 bits per heavy atom. The maximum Gasteiger partial charge on any atom is 0.261 e. The van der Waals surface area contributed by atoms with Crippen molar-refractivity contribution in [1.29, 1.82) is 0 Å². The molecule has 3 N–H and O–H groups in total. The molecule has 1 amide bonds. The van der Waals surface area contributed by atoms with Crippen molar-refractivity contribution in [2.75, 3.05) is 0 Å². The first kappa shape index (κ1) is 15.5. The molecule has 0 saturated heterocycles. The highest BCUT2D eigenvalue weighted by Gasteiger charge is 2.25. The van der Waals surface area contributed by atoms with E-state index in [1.54, 1.807) is 6.07 Å². The van der Waals surface area contributed by atoms with Crippen LogP contribution in [0.1, 0.15) is 36.0 Å². The number of carbonyl (C=O) groups excluding carboxylic acids is 1. The molecule has 3 rings (SSSR count). The Labute approximate surface area is 134 Å². The fourth-order valence-corrected chi connectivity index (χ4v) is 2.96. The van der Waals surface area contributed by atoms with Gasteiger partial charge in [0, 0.05) is 5.69 Å². The molecule has 1 heterocycles. The van der Waals surface area contributed by atoms with Gasteiger partial charge in [-0.05, 0) is 30.5 Å². The van der Waals surface area contributed by atoms with Crippen molar-refractivity contribution in [3.8, 4) is 11.3 Å². The van der Waals surface area contributed by atoms with E-state index in [1.165, 1.54) is 6.07 Å². The van der Waals surface area contributed by atoms with E-state index in [2.05, 4.69) is 10.3 Å². The van der Waals surface area contributed by atoms with E-state index in [1.807, 2.05) is 30.3 Å². The van der Waals surface area contributed by atoms with Gasteiger partial charge in [0.2, 0.25) is 0 Å². The Kier molecular flexibility index (Phi) is 4.57. The lowest BCUT2D eigenvalue weighted by molar-refractivity contribution is 0.0716. The molecule has 5 heteroatoms. The quantitative estimate of drug-likeness (QED) is 0.811. The molecule has 2 aromatic rings. The molecule has 2 unspecified atom stereocenters. The van der Waals surface area contributed by atoms with E-state index in [0.29, 0.717) is 12.1 Å². The van der Waals surface area contributed by atoms with E-state index in [9.17, 15) is 14.7 Å². The van der Waals surface area contributed by atoms with Crippen molar-refractivity contribution in [3.63, 3.8) is 0 Å². The van der Waals surface area contributed by atoms with Gasteiger partial charge in [0.1, 0.15) is 5.56 Å². The zero-order chi connectivity index (χ0) is 16.2. The van der Waals surface area contributed by atoms with Crippen LogP contribution in [0.3, 0.4) is 0 Å². The standard InChI is InChI=1S/C18H20N2O3/c21-16-9-5-4-8-15(16)20-18(23)13-10-11-14(19-17(13)22)12-6-2-1-3-7-12/h1-3,6-7,10-11,15-16,21H,4-5,8-9H2,(H,19,22)(H,20,23). The van der Waals surface area contributed by atoms with Gasteiger partial charge in [0.15, 0.2) is 0 Å². The second kappa shape index (κ2) is 6.79. The SMILES string of the molecule is O=C(NC1CCCCC1O)c1ccc(-c2ccccc2)[nH]c1=O. The summed E-state index contributed by atoms with van der Waals surface area (Å²) in [5.41, 5.74) is 1.21. The topological polar surface area (TPSA) is 82.2 Å². The number of carbonyl (C=O) groups is 1. The molecule has 1 fully saturated rings. The van der Waals surface area contributed by atoms with E-state index < -0.39 is 17.6 Å². The lowest BCUT2D eigenvalue weighted by Gasteiger charge is -2.28. The molecule has 120 valence electrons. The predicted molar refractivity (Wildman–Crippen MR) is 88.2 cm³/mol. The fraction of sp³-hybridized carbons (Fsp3) is 0.333. The minimum atomic E-state index is -0.532. The number of nitrogens with one attached hydrogen (secondary N) is 2. The van der Waals surface area contributed by atoms with Gasteiger partial charge < -0.3 is 15.4 Å². The smallest absolute Gasteiger partial charge is 0.261 e. The summed E-state index contributed by atoms with van der Waals surface area (Å²) in [6, 6.07) is 12.4. The molecule has 0 radical (unpaired) electrons. The number of aliphatic hydroxyl groups excluding tert-OH is 1. The Balaban J connectivity index is 1.78. The maximum atomic E-state index is 12.3. The van der Waals surface area contributed by atoms with Crippen molar-refractivity contribution < 1.29 is 9.90 Å². The van der Waals surface area contributed by atoms with Crippen molar-refractivity contribution in [2.24, 2.45) is 0 Å². The van der Waals surface area contributed by atoms with Crippen LogP contribution in [-0.2, 0) is 0 Å². The third-order valence-corrected chi connectivity index (χ3v) is 4.28. The molecular formula is C18H20N2O3. The van der Waals surface area contributed by atoms with E-state index in [-0.39, 0.29) is 11.6 Å². The third kappa shape index (κ3) is 3.51. The van der Waals surface area contributed by atoms with Crippen LogP contribution >= 0.6 is 0 Å². The first-order valence-electron chi connectivity index (χ1n) is 7.93. The average Bonchev–Trinajstić information content (AvgIpc) is 2.57. The highest BCUT2D eigenvalue weighted by atomic mass is 16.3. The van der Waals surface area contributed by atoms with Crippen molar-refractivity contribution in [3.05, 3.63) is 58.4 Å². The van der Waals surface area contributed by atoms with E-state index in [4.69, 9.17) is 0 Å². The Morgan fingerprint density at radius 3 is 2.52 bits per heavy atom. The molecule has 1 aliphatic rings. The average molecular weight is 312 g/mol. The molecule has 5 nitrogen and oxygen atoms in total. The number of hydrogen-bond donors (Lipinski definition) is 3. The van der Waals surface area contributed by atoms with E-state index in [0.717, 1.165) is 24.8 Å². The number of pyridine rings is 1. The summed E-state index contributed by atoms with van der Waals surface area (Å²) >= 11 is 0. The molecule has 1 aromatic carbocycles. The second-order valence-electron chi connectivity index (χ2n) is 5.91. The van der Waals surface area contributed by atoms with Gasteiger partial charge >= 0.3 is 0 Å². The zero-order valence-electron chi connectivity index (χ0n) is 12.8. The number of benzene rings is 1.